The monoisotopic (exact) mass is 176 g/mol. The Morgan fingerprint density at radius 2 is 2.50 bits per heavy atom. The molecule has 0 bridgehead atoms. The topological polar surface area (TPSA) is 38.9 Å². The van der Waals surface area contributed by atoms with E-state index in [0.717, 1.165) is 12.2 Å². The van der Waals surface area contributed by atoms with Gasteiger partial charge in [-0.3, -0.25) is 0 Å². The van der Waals surface area contributed by atoms with E-state index in [1.807, 2.05) is 0 Å². The van der Waals surface area contributed by atoms with E-state index in [1.54, 1.807) is 6.92 Å². The predicted molar refractivity (Wildman–Crippen MR) is 44.2 cm³/mol. The Balaban J connectivity index is 2.42. The van der Waals surface area contributed by atoms with Crippen LogP contribution in [-0.4, -0.2) is 15.9 Å². The zero-order chi connectivity index (χ0) is 7.40. The molecule has 1 aromatic rings. The van der Waals surface area contributed by atoms with Crippen LogP contribution in [0, 0.1) is 6.92 Å². The van der Waals surface area contributed by atoms with Gasteiger partial charge in [-0.25, -0.2) is 0 Å². The third-order valence-electron chi connectivity index (χ3n) is 0.977. The molecule has 0 fully saturated rings. The highest BCUT2D eigenvalue weighted by atomic mass is 33.1. The lowest BCUT2D eigenvalue weighted by atomic mass is 10.5. The first-order valence-electron chi connectivity index (χ1n) is 2.88. The molecule has 0 atom stereocenters. The normalized spacial score (nSPS) is 10.2. The largest absolute Gasteiger partial charge is 0.339 e. The van der Waals surface area contributed by atoms with E-state index in [2.05, 4.69) is 21.8 Å². The average molecular weight is 176 g/mol. The van der Waals surface area contributed by atoms with Crippen LogP contribution in [0.4, 0.5) is 0 Å². The second-order valence-electron chi connectivity index (χ2n) is 1.82. The Bertz CT molecular complexity index is 201. The molecule has 10 heavy (non-hydrogen) atoms. The number of thiol groups is 1. The van der Waals surface area contributed by atoms with Crippen LogP contribution in [0.15, 0.2) is 4.52 Å². The van der Waals surface area contributed by atoms with E-state index in [1.165, 1.54) is 10.8 Å². The van der Waals surface area contributed by atoms with Gasteiger partial charge < -0.3 is 4.52 Å². The van der Waals surface area contributed by atoms with Crippen molar-refractivity contribution in [3.63, 3.8) is 0 Å². The average Bonchev–Trinajstić information content (AvgIpc) is 2.31. The molecule has 0 unspecified atom stereocenters. The lowest BCUT2D eigenvalue weighted by molar-refractivity contribution is 0.379. The van der Waals surface area contributed by atoms with E-state index in [0.29, 0.717) is 11.7 Å². The molecule has 0 aromatic carbocycles. The summed E-state index contributed by atoms with van der Waals surface area (Å²) in [6.45, 7) is 1.81. The van der Waals surface area contributed by atoms with Gasteiger partial charge in [0.05, 0.1) is 0 Å². The molecule has 56 valence electrons. The molecule has 1 heterocycles. The zero-order valence-electron chi connectivity index (χ0n) is 5.57. The van der Waals surface area contributed by atoms with Crippen molar-refractivity contribution >= 4 is 22.5 Å². The molecular formula is C5H8N2OS2. The number of aryl methyl sites for hydroxylation is 2. The van der Waals surface area contributed by atoms with Gasteiger partial charge in [-0.2, -0.15) is 4.98 Å². The van der Waals surface area contributed by atoms with E-state index in [9.17, 15) is 0 Å². The molecule has 0 radical (unpaired) electrons. The number of nitrogens with zero attached hydrogens (tertiary/aromatic N) is 2. The molecule has 5 heteroatoms. The second kappa shape index (κ2) is 3.88. The summed E-state index contributed by atoms with van der Waals surface area (Å²) in [5.41, 5.74) is 0. The summed E-state index contributed by atoms with van der Waals surface area (Å²) in [5.74, 6) is 2.29. The molecule has 0 aliphatic carbocycles. The van der Waals surface area contributed by atoms with Crippen LogP contribution in [0.2, 0.25) is 0 Å². The maximum absolute atomic E-state index is 4.86. The Kier molecular flexibility index (Phi) is 3.08. The molecule has 0 saturated carbocycles. The van der Waals surface area contributed by atoms with Crippen LogP contribution in [-0.2, 0) is 6.42 Å². The van der Waals surface area contributed by atoms with Gasteiger partial charge in [0.25, 0.3) is 0 Å². The van der Waals surface area contributed by atoms with Gasteiger partial charge in [0.1, 0.15) is 0 Å². The van der Waals surface area contributed by atoms with Crippen LogP contribution in [0.1, 0.15) is 11.7 Å². The third-order valence-corrected chi connectivity index (χ3v) is 1.91. The fourth-order valence-electron chi connectivity index (χ4n) is 0.575. The summed E-state index contributed by atoms with van der Waals surface area (Å²) in [6, 6.07) is 0. The Morgan fingerprint density at radius 3 is 3.00 bits per heavy atom. The van der Waals surface area contributed by atoms with E-state index >= 15 is 0 Å². The first-order chi connectivity index (χ1) is 4.83. The van der Waals surface area contributed by atoms with Crippen LogP contribution in [0.5, 0.6) is 0 Å². The standard InChI is InChI=1S/C5H8N2OS2/c1-4-6-5(8-7-4)2-3-10-9/h9H,2-3H2,1H3. The maximum atomic E-state index is 4.86. The first kappa shape index (κ1) is 7.94. The molecule has 0 N–H and O–H groups in total. The van der Waals surface area contributed by atoms with Gasteiger partial charge in [-0.15, -0.1) is 11.7 Å². The zero-order valence-corrected chi connectivity index (χ0v) is 7.28. The van der Waals surface area contributed by atoms with Crippen molar-refractivity contribution in [3.05, 3.63) is 11.7 Å². The molecular weight excluding hydrogens is 168 g/mol. The minimum atomic E-state index is 0.694. The fraction of sp³-hybridized carbons (Fsp3) is 0.600. The molecule has 0 amide bonds. The molecule has 3 nitrogen and oxygen atoms in total. The van der Waals surface area contributed by atoms with Crippen molar-refractivity contribution in [2.75, 3.05) is 5.75 Å². The molecule has 1 aromatic heterocycles. The highest BCUT2D eigenvalue weighted by molar-refractivity contribution is 8.68. The minimum absolute atomic E-state index is 0.694. The number of aromatic nitrogens is 2. The van der Waals surface area contributed by atoms with Gasteiger partial charge in [0.15, 0.2) is 5.82 Å². The molecule has 0 saturated heterocycles. The molecule has 0 spiro atoms. The quantitative estimate of drug-likeness (QED) is 0.559. The lowest BCUT2D eigenvalue weighted by Gasteiger charge is -1.86. The van der Waals surface area contributed by atoms with Crippen LogP contribution >= 0.6 is 22.5 Å². The number of rotatable bonds is 3. The summed E-state index contributed by atoms with van der Waals surface area (Å²) in [7, 11) is 1.47. The van der Waals surface area contributed by atoms with E-state index in [-0.39, 0.29) is 0 Å². The molecule has 0 aliphatic heterocycles. The van der Waals surface area contributed by atoms with Gasteiger partial charge >= 0.3 is 0 Å². The van der Waals surface area contributed by atoms with Crippen LogP contribution < -0.4 is 0 Å². The molecule has 0 aliphatic rings. The summed E-state index contributed by atoms with van der Waals surface area (Å²) >= 11 is 3.98. The summed E-state index contributed by atoms with van der Waals surface area (Å²) in [4.78, 5) is 4.02. The second-order valence-corrected chi connectivity index (χ2v) is 3.26. The van der Waals surface area contributed by atoms with Gasteiger partial charge in [0.2, 0.25) is 5.89 Å². The van der Waals surface area contributed by atoms with Crippen molar-refractivity contribution in [1.82, 2.24) is 10.1 Å². The SMILES string of the molecule is Cc1noc(CCSS)n1. The maximum Gasteiger partial charge on any atom is 0.227 e. The number of hydrogen-bond acceptors (Lipinski definition) is 5. The van der Waals surface area contributed by atoms with Crippen molar-refractivity contribution in [2.24, 2.45) is 0 Å². The van der Waals surface area contributed by atoms with Crippen molar-refractivity contribution in [1.29, 1.82) is 0 Å². The van der Waals surface area contributed by atoms with Gasteiger partial charge in [0, 0.05) is 12.2 Å². The summed E-state index contributed by atoms with van der Waals surface area (Å²) in [6.07, 6.45) is 0.801. The van der Waals surface area contributed by atoms with Crippen molar-refractivity contribution in [2.45, 2.75) is 13.3 Å². The Hall–Kier alpha value is -0.160. The van der Waals surface area contributed by atoms with E-state index in [4.69, 9.17) is 4.52 Å². The Labute approximate surface area is 68.4 Å². The highest BCUT2D eigenvalue weighted by Gasteiger charge is 1.99. The first-order valence-corrected chi connectivity index (χ1v) is 4.92. The summed E-state index contributed by atoms with van der Waals surface area (Å²) in [5, 5.41) is 3.65. The van der Waals surface area contributed by atoms with Gasteiger partial charge in [-0.1, -0.05) is 16.0 Å². The minimum Gasteiger partial charge on any atom is -0.339 e. The lowest BCUT2D eigenvalue weighted by Crippen LogP contribution is -1.86. The molecule has 1 rings (SSSR count). The van der Waals surface area contributed by atoms with Crippen molar-refractivity contribution in [3.8, 4) is 0 Å². The fourth-order valence-corrected chi connectivity index (χ4v) is 1.11. The van der Waals surface area contributed by atoms with E-state index < -0.39 is 0 Å². The smallest absolute Gasteiger partial charge is 0.227 e. The third kappa shape index (κ3) is 2.22. The van der Waals surface area contributed by atoms with Crippen molar-refractivity contribution < 1.29 is 4.52 Å². The van der Waals surface area contributed by atoms with Crippen LogP contribution in [0.25, 0.3) is 0 Å². The summed E-state index contributed by atoms with van der Waals surface area (Å²) < 4.78 is 4.86. The Morgan fingerprint density at radius 1 is 1.70 bits per heavy atom. The highest BCUT2D eigenvalue weighted by Crippen LogP contribution is 2.07. The van der Waals surface area contributed by atoms with Crippen LogP contribution in [0.3, 0.4) is 0 Å². The van der Waals surface area contributed by atoms with Gasteiger partial charge in [-0.05, 0) is 6.92 Å². The predicted octanol–water partition coefficient (Wildman–Crippen LogP) is 1.50. The number of hydrogen-bond donors (Lipinski definition) is 1.